The van der Waals surface area contributed by atoms with Gasteiger partial charge in [-0.25, -0.2) is 14.6 Å². The predicted molar refractivity (Wildman–Crippen MR) is 130 cm³/mol. The summed E-state index contributed by atoms with van der Waals surface area (Å²) in [6.45, 7) is 2.01. The topological polar surface area (TPSA) is 107 Å². The van der Waals surface area contributed by atoms with E-state index in [4.69, 9.17) is 9.72 Å². The lowest BCUT2D eigenvalue weighted by atomic mass is 9.87. The molecule has 1 aromatic carbocycles. The van der Waals surface area contributed by atoms with E-state index in [1.807, 2.05) is 37.3 Å². The first kappa shape index (κ1) is 21.6. The van der Waals surface area contributed by atoms with Crippen LogP contribution in [-0.4, -0.2) is 50.8 Å². The summed E-state index contributed by atoms with van der Waals surface area (Å²) >= 11 is 3.53. The number of hydrogen-bond donors (Lipinski definition) is 2. The Bertz CT molecular complexity index is 1370. The van der Waals surface area contributed by atoms with Crippen molar-refractivity contribution in [1.82, 2.24) is 30.0 Å². The van der Waals surface area contributed by atoms with Gasteiger partial charge in [0.2, 0.25) is 17.7 Å². The summed E-state index contributed by atoms with van der Waals surface area (Å²) in [4.78, 5) is 26.0. The second-order valence-corrected chi connectivity index (χ2v) is 9.34. The maximum absolute atomic E-state index is 12.2. The van der Waals surface area contributed by atoms with E-state index in [2.05, 4.69) is 41.6 Å². The summed E-state index contributed by atoms with van der Waals surface area (Å²) in [5, 5.41) is 12.6. The Morgan fingerprint density at radius 3 is 2.91 bits per heavy atom. The highest BCUT2D eigenvalue weighted by Gasteiger charge is 2.40. The molecule has 10 heteroatoms. The van der Waals surface area contributed by atoms with E-state index in [-0.39, 0.29) is 17.4 Å². The number of hydrogen-bond acceptors (Lipinski definition) is 7. The van der Waals surface area contributed by atoms with Gasteiger partial charge in [0.1, 0.15) is 4.60 Å². The molecular formula is C23H24BrN7O2. The highest BCUT2D eigenvalue weighted by atomic mass is 79.9. The predicted octanol–water partition coefficient (Wildman–Crippen LogP) is 3.85. The number of fused-ring (bicyclic) bond motifs is 2. The summed E-state index contributed by atoms with van der Waals surface area (Å²) in [7, 11) is 3.29. The Morgan fingerprint density at radius 2 is 2.12 bits per heavy atom. The van der Waals surface area contributed by atoms with Gasteiger partial charge >= 0.3 is 0 Å². The van der Waals surface area contributed by atoms with Crippen LogP contribution in [0.15, 0.2) is 41.1 Å². The van der Waals surface area contributed by atoms with Crippen LogP contribution in [0.5, 0.6) is 5.88 Å². The molecule has 2 atom stereocenters. The van der Waals surface area contributed by atoms with Crippen LogP contribution < -0.4 is 15.4 Å². The number of ether oxygens (including phenoxy) is 1. The molecule has 9 nitrogen and oxygen atoms in total. The average molecular weight is 510 g/mol. The van der Waals surface area contributed by atoms with Crippen LogP contribution in [0.4, 0.5) is 5.95 Å². The molecule has 3 heterocycles. The van der Waals surface area contributed by atoms with Gasteiger partial charge in [-0.2, -0.15) is 10.1 Å². The minimum atomic E-state index is -0.372. The van der Waals surface area contributed by atoms with Crippen molar-refractivity contribution >= 4 is 49.7 Å². The first-order valence-corrected chi connectivity index (χ1v) is 11.5. The van der Waals surface area contributed by atoms with E-state index in [9.17, 15) is 4.79 Å². The number of rotatable bonds is 5. The number of methoxy groups -OCH3 is 1. The Balaban J connectivity index is 1.47. The maximum Gasteiger partial charge on any atom is 0.225 e. The molecule has 0 bridgehead atoms. The van der Waals surface area contributed by atoms with Gasteiger partial charge in [0.15, 0.2) is 5.65 Å². The normalized spacial score (nSPS) is 20.3. The highest BCUT2D eigenvalue weighted by molar-refractivity contribution is 9.10. The molecule has 2 N–H and O–H groups in total. The van der Waals surface area contributed by atoms with Gasteiger partial charge in [-0.15, -0.1) is 0 Å². The number of halogens is 1. The van der Waals surface area contributed by atoms with Crippen molar-refractivity contribution < 1.29 is 9.53 Å². The lowest BCUT2D eigenvalue weighted by Crippen LogP contribution is -2.35. The summed E-state index contributed by atoms with van der Waals surface area (Å²) in [5.74, 6) is 1.17. The van der Waals surface area contributed by atoms with E-state index in [1.165, 1.54) is 0 Å². The number of carbonyl (C=O) groups excluding carboxylic acids is 1. The third-order valence-electron chi connectivity index (χ3n) is 6.33. The van der Waals surface area contributed by atoms with Crippen LogP contribution in [0.25, 0.3) is 27.6 Å². The molecule has 5 rings (SSSR count). The Labute approximate surface area is 199 Å². The van der Waals surface area contributed by atoms with Crippen molar-refractivity contribution in [2.45, 2.75) is 32.2 Å². The fourth-order valence-corrected chi connectivity index (χ4v) is 4.95. The minimum Gasteiger partial charge on any atom is -0.481 e. The van der Waals surface area contributed by atoms with Crippen LogP contribution in [0, 0.1) is 5.41 Å². The lowest BCUT2D eigenvalue weighted by Gasteiger charge is -2.22. The third-order valence-corrected chi connectivity index (χ3v) is 6.92. The number of anilines is 1. The van der Waals surface area contributed by atoms with Crippen LogP contribution in [0.1, 0.15) is 26.2 Å². The van der Waals surface area contributed by atoms with Gasteiger partial charge in [0.25, 0.3) is 0 Å². The van der Waals surface area contributed by atoms with Crippen LogP contribution in [0.2, 0.25) is 0 Å². The highest BCUT2D eigenvalue weighted by Crippen LogP contribution is 2.39. The van der Waals surface area contributed by atoms with Gasteiger partial charge in [0, 0.05) is 36.2 Å². The molecule has 1 aliphatic rings. The number of amides is 1. The molecule has 0 spiro atoms. The second kappa shape index (κ2) is 8.26. The average Bonchev–Trinajstić information content (AvgIpc) is 3.38. The molecule has 0 unspecified atom stereocenters. The number of carbonyl (C=O) groups is 1. The van der Waals surface area contributed by atoms with Crippen molar-refractivity contribution in [3.8, 4) is 11.6 Å². The van der Waals surface area contributed by atoms with E-state index >= 15 is 0 Å². The fraction of sp³-hybridized carbons (Fsp3) is 0.348. The first-order chi connectivity index (χ1) is 15.9. The molecule has 1 amide bonds. The molecular weight excluding hydrogens is 486 g/mol. The fourth-order valence-electron chi connectivity index (χ4n) is 4.51. The van der Waals surface area contributed by atoms with Crippen molar-refractivity contribution in [1.29, 1.82) is 0 Å². The summed E-state index contributed by atoms with van der Waals surface area (Å²) in [6, 6.07) is 9.84. The maximum atomic E-state index is 12.2. The first-order valence-electron chi connectivity index (χ1n) is 10.8. The standard InChI is InChI=1S/C23H24BrN7O2/c1-23(21(32)25-2)9-8-14(11-23)27-22-26-12-16-19(24)30-31(20(16)29-22)15-5-6-17-13(10-15)4-7-18(28-17)33-3/h4-7,10,12,14H,8-9,11H2,1-3H3,(H,25,32)(H,26,27,29)/t14-,23+/m1/s1. The molecule has 33 heavy (non-hydrogen) atoms. The zero-order valence-electron chi connectivity index (χ0n) is 18.6. The minimum absolute atomic E-state index is 0.0774. The molecule has 0 saturated heterocycles. The van der Waals surface area contributed by atoms with E-state index < -0.39 is 0 Å². The van der Waals surface area contributed by atoms with Crippen LogP contribution in [0.3, 0.4) is 0 Å². The molecule has 3 aromatic heterocycles. The van der Waals surface area contributed by atoms with Crippen molar-refractivity contribution in [2.24, 2.45) is 5.41 Å². The van der Waals surface area contributed by atoms with Gasteiger partial charge in [-0.3, -0.25) is 4.79 Å². The lowest BCUT2D eigenvalue weighted by molar-refractivity contribution is -0.129. The number of benzene rings is 1. The Kier molecular flexibility index (Phi) is 5.40. The van der Waals surface area contributed by atoms with E-state index in [0.29, 0.717) is 22.1 Å². The number of nitrogens with one attached hydrogen (secondary N) is 2. The zero-order valence-corrected chi connectivity index (χ0v) is 20.2. The summed E-state index contributed by atoms with van der Waals surface area (Å²) in [5.41, 5.74) is 2.02. The summed E-state index contributed by atoms with van der Waals surface area (Å²) < 4.78 is 7.68. The zero-order chi connectivity index (χ0) is 23.2. The number of nitrogens with zero attached hydrogens (tertiary/aromatic N) is 5. The SMILES string of the molecule is CNC(=O)[C@@]1(C)CC[C@@H](Nc2ncc3c(Br)nn(-c4ccc5nc(OC)ccc5c4)c3n2)C1. The molecule has 1 fully saturated rings. The number of aromatic nitrogens is 5. The van der Waals surface area contributed by atoms with Gasteiger partial charge in [-0.05, 0) is 59.5 Å². The monoisotopic (exact) mass is 509 g/mol. The van der Waals surface area contributed by atoms with Gasteiger partial charge in [0.05, 0.1) is 23.7 Å². The third kappa shape index (κ3) is 3.88. The quantitative estimate of drug-likeness (QED) is 0.420. The molecule has 4 aromatic rings. The molecule has 1 aliphatic carbocycles. The van der Waals surface area contributed by atoms with Crippen molar-refractivity contribution in [3.63, 3.8) is 0 Å². The van der Waals surface area contributed by atoms with E-state index in [0.717, 1.165) is 41.2 Å². The molecule has 1 saturated carbocycles. The second-order valence-electron chi connectivity index (χ2n) is 8.59. The Hall–Kier alpha value is -3.27. The van der Waals surface area contributed by atoms with Crippen LogP contribution >= 0.6 is 15.9 Å². The van der Waals surface area contributed by atoms with Gasteiger partial charge in [-0.1, -0.05) is 6.92 Å². The van der Waals surface area contributed by atoms with Gasteiger partial charge < -0.3 is 15.4 Å². The van der Waals surface area contributed by atoms with Crippen molar-refractivity contribution in [2.75, 3.05) is 19.5 Å². The summed E-state index contributed by atoms with van der Waals surface area (Å²) in [6.07, 6.45) is 4.21. The smallest absolute Gasteiger partial charge is 0.225 e. The Morgan fingerprint density at radius 1 is 1.27 bits per heavy atom. The number of pyridine rings is 1. The van der Waals surface area contributed by atoms with Crippen LogP contribution in [-0.2, 0) is 4.79 Å². The molecule has 170 valence electrons. The molecule has 0 radical (unpaired) electrons. The van der Waals surface area contributed by atoms with E-state index in [1.54, 1.807) is 25.0 Å². The molecule has 0 aliphatic heterocycles. The largest absolute Gasteiger partial charge is 0.481 e. The van der Waals surface area contributed by atoms with Crippen molar-refractivity contribution in [3.05, 3.63) is 41.1 Å².